The minimum Gasteiger partial charge on any atom is -0.361 e. The van der Waals surface area contributed by atoms with Crippen LogP contribution in [0.2, 0.25) is 0 Å². The van der Waals surface area contributed by atoms with Gasteiger partial charge in [-0.3, -0.25) is 4.68 Å². The van der Waals surface area contributed by atoms with Crippen LogP contribution in [0.25, 0.3) is 11.3 Å². The van der Waals surface area contributed by atoms with Crippen molar-refractivity contribution in [2.24, 2.45) is 7.05 Å². The van der Waals surface area contributed by atoms with Gasteiger partial charge in [0.15, 0.2) is 0 Å². The van der Waals surface area contributed by atoms with Crippen LogP contribution >= 0.6 is 0 Å². The lowest BCUT2D eigenvalue weighted by Gasteiger charge is -1.83. The number of nitrogens with zero attached hydrogens (tertiary/aromatic N) is 3. The zero-order chi connectivity index (χ0) is 9.26. The molecule has 2 aromatic heterocycles. The van der Waals surface area contributed by atoms with Crippen molar-refractivity contribution in [1.29, 1.82) is 0 Å². The van der Waals surface area contributed by atoms with Gasteiger partial charge in [0.25, 0.3) is 0 Å². The molecule has 4 nitrogen and oxygen atoms in total. The maximum atomic E-state index is 5.09. The van der Waals surface area contributed by atoms with Crippen LogP contribution in [0, 0.1) is 0 Å². The third-order valence-corrected chi connectivity index (χ3v) is 1.91. The normalized spacial score (nSPS) is 10.6. The molecule has 0 spiro atoms. The molecule has 0 amide bonds. The first-order valence-electron chi connectivity index (χ1n) is 4.24. The number of aromatic nitrogens is 3. The Hall–Kier alpha value is -1.58. The summed E-state index contributed by atoms with van der Waals surface area (Å²) in [5, 5.41) is 8.01. The van der Waals surface area contributed by atoms with Crippen molar-refractivity contribution in [3.63, 3.8) is 0 Å². The molecule has 0 aliphatic carbocycles. The quantitative estimate of drug-likeness (QED) is 0.700. The van der Waals surface area contributed by atoms with Gasteiger partial charge in [0.1, 0.15) is 11.5 Å². The van der Waals surface area contributed by atoms with E-state index in [0.29, 0.717) is 0 Å². The highest BCUT2D eigenvalue weighted by atomic mass is 16.5. The minimum atomic E-state index is 0.852. The van der Waals surface area contributed by atoms with E-state index in [9.17, 15) is 0 Å². The molecule has 2 heterocycles. The van der Waals surface area contributed by atoms with E-state index in [4.69, 9.17) is 4.52 Å². The first kappa shape index (κ1) is 8.04. The van der Waals surface area contributed by atoms with Gasteiger partial charge in [-0.1, -0.05) is 12.1 Å². The van der Waals surface area contributed by atoms with Crippen molar-refractivity contribution in [3.8, 4) is 11.3 Å². The van der Waals surface area contributed by atoms with E-state index in [1.54, 1.807) is 10.9 Å². The van der Waals surface area contributed by atoms with E-state index in [1.807, 2.05) is 26.2 Å². The molecule has 0 saturated carbocycles. The molecular formula is C9H11N3O. The molecule has 0 aromatic carbocycles. The average Bonchev–Trinajstić information content (AvgIpc) is 2.71. The topological polar surface area (TPSA) is 43.9 Å². The number of hydrogen-bond donors (Lipinski definition) is 0. The summed E-state index contributed by atoms with van der Waals surface area (Å²) in [6, 6.07) is 1.94. The highest BCUT2D eigenvalue weighted by Crippen LogP contribution is 2.17. The predicted octanol–water partition coefficient (Wildman–Crippen LogP) is 1.64. The lowest BCUT2D eigenvalue weighted by molar-refractivity contribution is 0.389. The monoisotopic (exact) mass is 177 g/mol. The summed E-state index contributed by atoms with van der Waals surface area (Å²) in [5.74, 6) is 0.902. The molecule has 0 radical (unpaired) electrons. The van der Waals surface area contributed by atoms with E-state index in [2.05, 4.69) is 10.3 Å². The highest BCUT2D eigenvalue weighted by Gasteiger charge is 2.06. The van der Waals surface area contributed by atoms with E-state index in [-0.39, 0.29) is 0 Å². The average molecular weight is 177 g/mol. The summed E-state index contributed by atoms with van der Waals surface area (Å²) in [7, 11) is 1.88. The Morgan fingerprint density at radius 2 is 2.38 bits per heavy atom. The predicted molar refractivity (Wildman–Crippen MR) is 48.1 cm³/mol. The van der Waals surface area contributed by atoms with Crippen LogP contribution in [0.3, 0.4) is 0 Å². The second-order valence-corrected chi connectivity index (χ2v) is 2.93. The lowest BCUT2D eigenvalue weighted by Crippen LogP contribution is -1.84. The van der Waals surface area contributed by atoms with Crippen molar-refractivity contribution in [1.82, 2.24) is 14.9 Å². The fourth-order valence-electron chi connectivity index (χ4n) is 1.17. The van der Waals surface area contributed by atoms with Crippen molar-refractivity contribution in [2.75, 3.05) is 0 Å². The Labute approximate surface area is 76.2 Å². The van der Waals surface area contributed by atoms with Crippen LogP contribution in [0.1, 0.15) is 12.7 Å². The smallest absolute Gasteiger partial charge is 0.137 e. The summed E-state index contributed by atoms with van der Waals surface area (Å²) in [6.07, 6.45) is 4.56. The van der Waals surface area contributed by atoms with Crippen molar-refractivity contribution in [3.05, 3.63) is 24.2 Å². The minimum absolute atomic E-state index is 0.852. The summed E-state index contributed by atoms with van der Waals surface area (Å²) >= 11 is 0. The first-order chi connectivity index (χ1) is 6.29. The van der Waals surface area contributed by atoms with E-state index in [1.165, 1.54) is 0 Å². The molecule has 0 saturated heterocycles. The number of aryl methyl sites for hydroxylation is 2. The maximum absolute atomic E-state index is 5.09. The zero-order valence-electron chi connectivity index (χ0n) is 7.69. The molecule has 0 fully saturated rings. The Morgan fingerprint density at radius 3 is 2.92 bits per heavy atom. The number of rotatable bonds is 2. The molecule has 68 valence electrons. The Kier molecular flexibility index (Phi) is 1.88. The van der Waals surface area contributed by atoms with Crippen LogP contribution in [0.5, 0.6) is 0 Å². The first-order valence-corrected chi connectivity index (χ1v) is 4.24. The lowest BCUT2D eigenvalue weighted by atomic mass is 10.2. The Balaban J connectivity index is 2.35. The fraction of sp³-hybridized carbons (Fsp3) is 0.333. The Bertz CT molecular complexity index is 402. The van der Waals surface area contributed by atoms with E-state index >= 15 is 0 Å². The van der Waals surface area contributed by atoms with Gasteiger partial charge in [0, 0.05) is 31.3 Å². The van der Waals surface area contributed by atoms with Crippen LogP contribution in [0.15, 0.2) is 23.0 Å². The summed E-state index contributed by atoms with van der Waals surface area (Å²) in [5.41, 5.74) is 1.84. The molecule has 2 rings (SSSR count). The zero-order valence-corrected chi connectivity index (χ0v) is 7.69. The van der Waals surface area contributed by atoms with Gasteiger partial charge in [-0.15, -0.1) is 0 Å². The standard InChI is InChI=1S/C9H11N3O/c1-3-8-4-9(11-13-8)7-5-10-12(2)6-7/h4-6H,3H2,1-2H3. The molecule has 2 aromatic rings. The van der Waals surface area contributed by atoms with Gasteiger partial charge in [0.2, 0.25) is 0 Å². The second-order valence-electron chi connectivity index (χ2n) is 2.93. The molecule has 0 N–H and O–H groups in total. The Morgan fingerprint density at radius 1 is 1.54 bits per heavy atom. The molecule has 13 heavy (non-hydrogen) atoms. The van der Waals surface area contributed by atoms with Crippen LogP contribution in [-0.2, 0) is 13.5 Å². The molecule has 4 heteroatoms. The molecule has 0 aliphatic rings. The van der Waals surface area contributed by atoms with Crippen LogP contribution in [-0.4, -0.2) is 14.9 Å². The molecule has 0 aliphatic heterocycles. The van der Waals surface area contributed by atoms with E-state index < -0.39 is 0 Å². The van der Waals surface area contributed by atoms with Gasteiger partial charge in [-0.2, -0.15) is 5.10 Å². The highest BCUT2D eigenvalue weighted by molar-refractivity contribution is 5.56. The van der Waals surface area contributed by atoms with Gasteiger partial charge in [-0.05, 0) is 0 Å². The van der Waals surface area contributed by atoms with E-state index in [0.717, 1.165) is 23.4 Å². The third kappa shape index (κ3) is 1.47. The van der Waals surface area contributed by atoms with Crippen molar-refractivity contribution in [2.45, 2.75) is 13.3 Å². The summed E-state index contributed by atoms with van der Waals surface area (Å²) in [4.78, 5) is 0. The van der Waals surface area contributed by atoms with Gasteiger partial charge in [-0.25, -0.2) is 0 Å². The fourth-order valence-corrected chi connectivity index (χ4v) is 1.17. The molecule has 0 bridgehead atoms. The molecule has 0 unspecified atom stereocenters. The summed E-state index contributed by atoms with van der Waals surface area (Å²) < 4.78 is 6.84. The van der Waals surface area contributed by atoms with Crippen molar-refractivity contribution >= 4 is 0 Å². The summed E-state index contributed by atoms with van der Waals surface area (Å²) in [6.45, 7) is 2.04. The van der Waals surface area contributed by atoms with Gasteiger partial charge in [0.05, 0.1) is 6.20 Å². The largest absolute Gasteiger partial charge is 0.361 e. The SMILES string of the molecule is CCc1cc(-c2cnn(C)c2)no1. The third-order valence-electron chi connectivity index (χ3n) is 1.91. The number of hydrogen-bond acceptors (Lipinski definition) is 3. The molecular weight excluding hydrogens is 166 g/mol. The second kappa shape index (κ2) is 3.05. The van der Waals surface area contributed by atoms with Gasteiger partial charge >= 0.3 is 0 Å². The van der Waals surface area contributed by atoms with Crippen LogP contribution in [0.4, 0.5) is 0 Å². The van der Waals surface area contributed by atoms with Crippen molar-refractivity contribution < 1.29 is 4.52 Å². The van der Waals surface area contributed by atoms with Crippen LogP contribution < -0.4 is 0 Å². The van der Waals surface area contributed by atoms with Gasteiger partial charge < -0.3 is 4.52 Å². The maximum Gasteiger partial charge on any atom is 0.137 e. The molecule has 0 atom stereocenters.